The van der Waals surface area contributed by atoms with E-state index in [1.54, 1.807) is 12.5 Å². The molecule has 1 aliphatic rings. The Kier molecular flexibility index (Phi) is 4.06. The van der Waals surface area contributed by atoms with Gasteiger partial charge in [0.05, 0.1) is 23.5 Å². The van der Waals surface area contributed by atoms with Gasteiger partial charge in [-0.2, -0.15) is 5.10 Å². The van der Waals surface area contributed by atoms with Crippen LogP contribution in [0.2, 0.25) is 0 Å². The van der Waals surface area contributed by atoms with Gasteiger partial charge >= 0.3 is 0 Å². The van der Waals surface area contributed by atoms with Gasteiger partial charge in [-0.1, -0.05) is 12.8 Å². The Morgan fingerprint density at radius 3 is 2.90 bits per heavy atom. The van der Waals surface area contributed by atoms with Crippen LogP contribution in [0.25, 0.3) is 0 Å². The Labute approximate surface area is 119 Å². The fourth-order valence-electron chi connectivity index (χ4n) is 2.93. The fourth-order valence-corrected chi connectivity index (χ4v) is 2.93. The summed E-state index contributed by atoms with van der Waals surface area (Å²) in [5.74, 6) is 0. The van der Waals surface area contributed by atoms with E-state index in [1.165, 1.54) is 25.7 Å². The van der Waals surface area contributed by atoms with E-state index in [0.717, 1.165) is 17.8 Å². The minimum absolute atomic E-state index is 0.185. The minimum atomic E-state index is 0.185. The summed E-state index contributed by atoms with van der Waals surface area (Å²) >= 11 is 0. The Balaban J connectivity index is 1.70. The van der Waals surface area contributed by atoms with Crippen molar-refractivity contribution < 1.29 is 0 Å². The maximum Gasteiger partial charge on any atom is 0.115 e. The number of likely N-dealkylation sites (N-methyl/N-ethyl adjacent to an activating group) is 1. The molecular formula is C15H21N5. The summed E-state index contributed by atoms with van der Waals surface area (Å²) in [6, 6.07) is 4.87. The quantitative estimate of drug-likeness (QED) is 0.906. The summed E-state index contributed by atoms with van der Waals surface area (Å²) in [4.78, 5) is 8.29. The lowest BCUT2D eigenvalue weighted by molar-refractivity contribution is 0.458. The fraction of sp³-hybridized carbons (Fsp3) is 0.533. The van der Waals surface area contributed by atoms with Crippen molar-refractivity contribution in [2.45, 2.75) is 44.2 Å². The molecule has 2 heterocycles. The summed E-state index contributed by atoms with van der Waals surface area (Å²) in [6.07, 6.45) is 11.6. The predicted molar refractivity (Wildman–Crippen MR) is 77.3 cm³/mol. The van der Waals surface area contributed by atoms with Crippen molar-refractivity contribution in [3.63, 3.8) is 0 Å². The van der Waals surface area contributed by atoms with Gasteiger partial charge in [-0.25, -0.2) is 9.97 Å². The number of nitrogens with one attached hydrogen (secondary N) is 1. The van der Waals surface area contributed by atoms with Gasteiger partial charge in [0.25, 0.3) is 0 Å². The molecule has 106 valence electrons. The maximum absolute atomic E-state index is 4.74. The molecule has 3 rings (SSSR count). The average molecular weight is 271 g/mol. The Hall–Kier alpha value is -1.75. The number of aromatic nitrogens is 4. The third-order valence-electron chi connectivity index (χ3n) is 4.09. The first kappa shape index (κ1) is 13.2. The SMILES string of the molecule is CNC(Cc1ccn(C2CCCC2)n1)c1ccncn1. The third-order valence-corrected chi connectivity index (χ3v) is 4.09. The van der Waals surface area contributed by atoms with Gasteiger partial charge in [0.1, 0.15) is 6.33 Å². The van der Waals surface area contributed by atoms with Crippen LogP contribution < -0.4 is 5.32 Å². The molecule has 0 radical (unpaired) electrons. The smallest absolute Gasteiger partial charge is 0.115 e. The lowest BCUT2D eigenvalue weighted by Gasteiger charge is -2.14. The second kappa shape index (κ2) is 6.13. The zero-order chi connectivity index (χ0) is 13.8. The Morgan fingerprint density at radius 2 is 2.20 bits per heavy atom. The maximum atomic E-state index is 4.74. The summed E-state index contributed by atoms with van der Waals surface area (Å²) in [7, 11) is 1.96. The molecule has 1 atom stereocenters. The molecule has 0 amide bonds. The molecule has 0 spiro atoms. The van der Waals surface area contributed by atoms with E-state index in [2.05, 4.69) is 32.2 Å². The lowest BCUT2D eigenvalue weighted by Crippen LogP contribution is -2.20. The van der Waals surface area contributed by atoms with E-state index in [1.807, 2.05) is 13.1 Å². The highest BCUT2D eigenvalue weighted by molar-refractivity contribution is 5.11. The molecule has 0 aromatic carbocycles. The van der Waals surface area contributed by atoms with Crippen molar-refractivity contribution in [2.75, 3.05) is 7.05 Å². The van der Waals surface area contributed by atoms with Crippen molar-refractivity contribution in [2.24, 2.45) is 0 Å². The normalized spacial score (nSPS) is 17.4. The van der Waals surface area contributed by atoms with Crippen molar-refractivity contribution in [3.05, 3.63) is 42.2 Å². The molecule has 1 fully saturated rings. The van der Waals surface area contributed by atoms with Crippen molar-refractivity contribution in [3.8, 4) is 0 Å². The van der Waals surface area contributed by atoms with Crippen LogP contribution in [-0.4, -0.2) is 26.8 Å². The second-order valence-corrected chi connectivity index (χ2v) is 5.40. The van der Waals surface area contributed by atoms with Crippen LogP contribution >= 0.6 is 0 Å². The highest BCUT2D eigenvalue weighted by Crippen LogP contribution is 2.29. The van der Waals surface area contributed by atoms with Crippen LogP contribution in [-0.2, 0) is 6.42 Å². The molecule has 5 heteroatoms. The number of nitrogens with zero attached hydrogens (tertiary/aromatic N) is 4. The highest BCUT2D eigenvalue weighted by atomic mass is 15.3. The van der Waals surface area contributed by atoms with Gasteiger partial charge in [0.2, 0.25) is 0 Å². The van der Waals surface area contributed by atoms with Crippen molar-refractivity contribution >= 4 is 0 Å². The average Bonchev–Trinajstić information content (AvgIpc) is 3.16. The molecule has 1 unspecified atom stereocenters. The monoisotopic (exact) mass is 271 g/mol. The largest absolute Gasteiger partial charge is 0.311 e. The lowest BCUT2D eigenvalue weighted by atomic mass is 10.1. The van der Waals surface area contributed by atoms with Crippen molar-refractivity contribution in [1.29, 1.82) is 0 Å². The minimum Gasteiger partial charge on any atom is -0.311 e. The topological polar surface area (TPSA) is 55.6 Å². The Bertz CT molecular complexity index is 530. The Morgan fingerprint density at radius 1 is 1.35 bits per heavy atom. The molecule has 1 aliphatic carbocycles. The van der Waals surface area contributed by atoms with E-state index in [-0.39, 0.29) is 6.04 Å². The van der Waals surface area contributed by atoms with E-state index in [9.17, 15) is 0 Å². The van der Waals surface area contributed by atoms with Gasteiger partial charge in [-0.05, 0) is 32.0 Å². The van der Waals surface area contributed by atoms with Crippen LogP contribution in [0.5, 0.6) is 0 Å². The standard InChI is InChI=1S/C15H21N5/c1-16-15(14-6-8-17-11-18-14)10-12-7-9-20(19-12)13-4-2-3-5-13/h6-9,11,13,15-16H,2-5,10H2,1H3. The van der Waals surface area contributed by atoms with E-state index in [0.29, 0.717) is 6.04 Å². The summed E-state index contributed by atoms with van der Waals surface area (Å²) < 4.78 is 2.15. The molecule has 0 bridgehead atoms. The van der Waals surface area contributed by atoms with Crippen LogP contribution in [0.1, 0.15) is 49.2 Å². The molecule has 1 N–H and O–H groups in total. The third kappa shape index (κ3) is 2.88. The molecule has 2 aromatic heterocycles. The van der Waals surface area contributed by atoms with Gasteiger partial charge < -0.3 is 5.32 Å². The van der Waals surface area contributed by atoms with E-state index >= 15 is 0 Å². The van der Waals surface area contributed by atoms with E-state index in [4.69, 9.17) is 5.10 Å². The molecule has 5 nitrogen and oxygen atoms in total. The molecule has 1 saturated carbocycles. The number of hydrogen-bond donors (Lipinski definition) is 1. The van der Waals surface area contributed by atoms with Gasteiger partial charge in [0, 0.05) is 18.8 Å². The summed E-state index contributed by atoms with van der Waals surface area (Å²) in [5, 5.41) is 8.04. The molecule has 20 heavy (non-hydrogen) atoms. The molecule has 0 saturated heterocycles. The van der Waals surface area contributed by atoms with E-state index < -0.39 is 0 Å². The zero-order valence-electron chi connectivity index (χ0n) is 11.9. The second-order valence-electron chi connectivity index (χ2n) is 5.40. The zero-order valence-corrected chi connectivity index (χ0v) is 11.9. The van der Waals surface area contributed by atoms with Crippen molar-refractivity contribution in [1.82, 2.24) is 25.1 Å². The first-order valence-electron chi connectivity index (χ1n) is 7.34. The predicted octanol–water partition coefficient (Wildman–Crippen LogP) is 2.29. The van der Waals surface area contributed by atoms with Gasteiger partial charge in [-0.3, -0.25) is 4.68 Å². The summed E-state index contributed by atoms with van der Waals surface area (Å²) in [5.41, 5.74) is 2.13. The number of rotatable bonds is 5. The van der Waals surface area contributed by atoms with Gasteiger partial charge in [-0.15, -0.1) is 0 Å². The van der Waals surface area contributed by atoms with Crippen LogP contribution in [0.15, 0.2) is 30.9 Å². The van der Waals surface area contributed by atoms with Crippen LogP contribution in [0.4, 0.5) is 0 Å². The van der Waals surface area contributed by atoms with Crippen LogP contribution in [0.3, 0.4) is 0 Å². The first-order valence-corrected chi connectivity index (χ1v) is 7.34. The molecule has 2 aromatic rings. The first-order chi connectivity index (χ1) is 9.86. The highest BCUT2D eigenvalue weighted by Gasteiger charge is 2.19. The van der Waals surface area contributed by atoms with Gasteiger partial charge in [0.15, 0.2) is 0 Å². The van der Waals surface area contributed by atoms with Crippen LogP contribution in [0, 0.1) is 0 Å². The number of hydrogen-bond acceptors (Lipinski definition) is 4. The molecular weight excluding hydrogens is 250 g/mol. The summed E-state index contributed by atoms with van der Waals surface area (Å²) in [6.45, 7) is 0. The molecule has 0 aliphatic heterocycles.